The number of para-hydroxylation sites is 1. The zero-order valence-corrected chi connectivity index (χ0v) is 25.6. The summed E-state index contributed by atoms with van der Waals surface area (Å²) in [6.45, 7) is 5.25. The first kappa shape index (κ1) is 33.4. The van der Waals surface area contributed by atoms with Gasteiger partial charge in [-0.25, -0.2) is 12.7 Å². The second-order valence-corrected chi connectivity index (χ2v) is 12.6. The average Bonchev–Trinajstić information content (AvgIpc) is 3.00. The molecule has 7 nitrogen and oxygen atoms in total. The van der Waals surface area contributed by atoms with Gasteiger partial charge in [0.2, 0.25) is 10.0 Å². The van der Waals surface area contributed by atoms with Crippen LogP contribution >= 0.6 is 0 Å². The van der Waals surface area contributed by atoms with E-state index in [-0.39, 0.29) is 23.4 Å². The Hall–Kier alpha value is -4.45. The summed E-state index contributed by atoms with van der Waals surface area (Å²) in [6, 6.07) is 26.7. The van der Waals surface area contributed by atoms with Crippen molar-refractivity contribution in [2.75, 3.05) is 10.6 Å². The van der Waals surface area contributed by atoms with Crippen LogP contribution in [0.4, 0.5) is 24.5 Å². The van der Waals surface area contributed by atoms with E-state index in [1.165, 1.54) is 30.3 Å². The van der Waals surface area contributed by atoms with Gasteiger partial charge in [0.05, 0.1) is 23.2 Å². The molecule has 2 atom stereocenters. The van der Waals surface area contributed by atoms with Gasteiger partial charge in [0.25, 0.3) is 5.91 Å². The van der Waals surface area contributed by atoms with Gasteiger partial charge in [0.1, 0.15) is 0 Å². The number of sulfonamides is 1. The van der Waals surface area contributed by atoms with Gasteiger partial charge in [-0.05, 0) is 59.5 Å². The molecule has 0 aliphatic carbocycles. The van der Waals surface area contributed by atoms with Gasteiger partial charge in [0.15, 0.2) is 5.85 Å². The van der Waals surface area contributed by atoms with Crippen molar-refractivity contribution in [1.29, 1.82) is 0 Å². The molecule has 0 bridgehead atoms. The molecule has 3 N–H and O–H groups in total. The maximum atomic E-state index is 13.8. The van der Waals surface area contributed by atoms with Gasteiger partial charge < -0.3 is 10.4 Å². The lowest BCUT2D eigenvalue weighted by atomic mass is 9.95. The average molecular weight is 638 g/mol. The molecule has 0 aromatic heterocycles. The molecule has 0 saturated heterocycles. The van der Waals surface area contributed by atoms with E-state index < -0.39 is 39.4 Å². The second-order valence-electron chi connectivity index (χ2n) is 10.7. The topological polar surface area (TPSA) is 98.7 Å². The molecule has 0 heterocycles. The van der Waals surface area contributed by atoms with E-state index in [1.807, 2.05) is 30.3 Å². The van der Waals surface area contributed by atoms with E-state index in [1.54, 1.807) is 43.3 Å². The molecule has 45 heavy (non-hydrogen) atoms. The van der Waals surface area contributed by atoms with Crippen LogP contribution < -0.4 is 14.9 Å². The number of hydrogen-bond donors (Lipinski definition) is 3. The van der Waals surface area contributed by atoms with Crippen molar-refractivity contribution in [3.63, 3.8) is 0 Å². The van der Waals surface area contributed by atoms with E-state index in [0.717, 1.165) is 28.3 Å². The summed E-state index contributed by atoms with van der Waals surface area (Å²) in [6.07, 6.45) is -1.74. The highest BCUT2D eigenvalue weighted by Crippen LogP contribution is 2.32. The van der Waals surface area contributed by atoms with Crippen molar-refractivity contribution in [1.82, 2.24) is 10.6 Å². The first-order valence-electron chi connectivity index (χ1n) is 14.0. The highest BCUT2D eigenvalue weighted by atomic mass is 32.2. The number of alkyl halides is 3. The summed E-state index contributed by atoms with van der Waals surface area (Å²) < 4.78 is 66.9. The number of anilines is 2. The lowest BCUT2D eigenvalue weighted by Crippen LogP contribution is -2.63. The number of nitrogens with one attached hydrogen (secondary N) is 2. The van der Waals surface area contributed by atoms with Crippen molar-refractivity contribution in [2.45, 2.75) is 31.9 Å². The summed E-state index contributed by atoms with van der Waals surface area (Å²) in [7, 11) is -3.85. The fourth-order valence-electron chi connectivity index (χ4n) is 4.89. The molecular formula is C34H34F3N3O4S. The summed E-state index contributed by atoms with van der Waals surface area (Å²) in [5.74, 6) is -3.52. The van der Waals surface area contributed by atoms with Crippen LogP contribution in [0.3, 0.4) is 0 Å². The third-order valence-corrected chi connectivity index (χ3v) is 8.30. The molecular weight excluding hydrogens is 603 g/mol. The smallest absolute Gasteiger partial charge is 0.358 e. The van der Waals surface area contributed by atoms with Gasteiger partial charge >= 0.3 is 6.18 Å². The molecule has 236 valence electrons. The number of carbonyl (C=O) groups is 1. The zero-order chi connectivity index (χ0) is 32.8. The normalized spacial score (nSPS) is 13.8. The Balaban J connectivity index is 1.70. The van der Waals surface area contributed by atoms with Crippen molar-refractivity contribution in [3.05, 3.63) is 138 Å². The van der Waals surface area contributed by atoms with Crippen LogP contribution in [0.25, 0.3) is 6.08 Å². The van der Waals surface area contributed by atoms with Gasteiger partial charge in [0, 0.05) is 18.0 Å². The van der Waals surface area contributed by atoms with Gasteiger partial charge in [-0.1, -0.05) is 86.3 Å². The van der Waals surface area contributed by atoms with Crippen LogP contribution in [-0.4, -0.2) is 31.5 Å². The fraction of sp³-hybridized carbons (Fsp3) is 0.206. The number of rotatable bonds is 12. The Morgan fingerprint density at radius 3 is 2.13 bits per heavy atom. The maximum Gasteiger partial charge on any atom is 0.416 e. The predicted octanol–water partition coefficient (Wildman–Crippen LogP) is 6.49. The fourth-order valence-corrected chi connectivity index (χ4v) is 5.89. The van der Waals surface area contributed by atoms with Crippen molar-refractivity contribution in [3.8, 4) is 0 Å². The van der Waals surface area contributed by atoms with Crippen molar-refractivity contribution < 1.29 is 31.5 Å². The molecule has 4 rings (SSSR count). The number of amides is 1. The molecule has 0 saturated carbocycles. The van der Waals surface area contributed by atoms with Gasteiger partial charge in [-0.3, -0.25) is 10.1 Å². The predicted molar refractivity (Wildman–Crippen MR) is 170 cm³/mol. The van der Waals surface area contributed by atoms with Crippen LogP contribution in [0.15, 0.2) is 110 Å². The molecule has 0 aliphatic heterocycles. The Kier molecular flexibility index (Phi) is 10.2. The number of halogens is 3. The zero-order valence-electron chi connectivity index (χ0n) is 24.8. The molecule has 4 aromatic rings. The third kappa shape index (κ3) is 8.59. The number of hydrogen-bond acceptors (Lipinski definition) is 5. The largest absolute Gasteiger partial charge is 0.416 e. The van der Waals surface area contributed by atoms with E-state index in [0.29, 0.717) is 17.7 Å². The quantitative estimate of drug-likeness (QED) is 0.154. The van der Waals surface area contributed by atoms with Crippen LogP contribution in [-0.2, 0) is 29.2 Å². The van der Waals surface area contributed by atoms with E-state index in [2.05, 4.69) is 17.2 Å². The third-order valence-electron chi connectivity index (χ3n) is 7.21. The molecule has 0 radical (unpaired) electrons. The second kappa shape index (κ2) is 13.7. The Morgan fingerprint density at radius 1 is 0.911 bits per heavy atom. The highest BCUT2D eigenvalue weighted by Gasteiger charge is 2.36. The molecule has 0 aliphatic rings. The molecule has 0 unspecified atom stereocenters. The van der Waals surface area contributed by atoms with Gasteiger partial charge in [-0.2, -0.15) is 13.2 Å². The number of nitrogens with zero attached hydrogens (tertiary/aromatic N) is 1. The summed E-state index contributed by atoms with van der Waals surface area (Å²) in [5, 5.41) is 17.4. The van der Waals surface area contributed by atoms with Crippen molar-refractivity contribution >= 4 is 33.4 Å². The van der Waals surface area contributed by atoms with E-state index in [4.69, 9.17) is 0 Å². The summed E-state index contributed by atoms with van der Waals surface area (Å²) in [4.78, 5) is 13.8. The highest BCUT2D eigenvalue weighted by molar-refractivity contribution is 7.92. The number of aliphatic hydroxyl groups is 1. The summed E-state index contributed by atoms with van der Waals surface area (Å²) >= 11 is 0. The number of carbonyl (C=O) groups excluding carboxylic acids is 1. The molecule has 11 heteroatoms. The standard InChI is InChI=1S/C34H34F3N3O4S/c1-4-25-19-28(22-31(21-25)40(45(3,43)44)30-16-9-6-10-17-30)32(41)39-34(42,24(2)18-26-12-7-5-8-13-26)38-23-27-14-11-15-29(20-27)33(35,36)37/h4-17,19-22,24,38,42H,1,18,23H2,2-3H3,(H,39,41)/t24-,34+/m1/s1. The number of benzene rings is 4. The Morgan fingerprint density at radius 2 is 1.53 bits per heavy atom. The minimum Gasteiger partial charge on any atom is -0.358 e. The summed E-state index contributed by atoms with van der Waals surface area (Å²) in [5.41, 5.74) is 1.26. The first-order chi connectivity index (χ1) is 21.2. The molecule has 1 amide bonds. The van der Waals surface area contributed by atoms with Gasteiger partial charge in [-0.15, -0.1) is 0 Å². The van der Waals surface area contributed by atoms with Crippen LogP contribution in [0.1, 0.15) is 39.5 Å². The lowest BCUT2D eigenvalue weighted by molar-refractivity contribution is -0.137. The monoisotopic (exact) mass is 637 g/mol. The Bertz CT molecular complexity index is 1750. The maximum absolute atomic E-state index is 13.8. The van der Waals surface area contributed by atoms with Crippen LogP contribution in [0.5, 0.6) is 0 Å². The first-order valence-corrected chi connectivity index (χ1v) is 15.9. The van der Waals surface area contributed by atoms with Crippen LogP contribution in [0.2, 0.25) is 0 Å². The van der Waals surface area contributed by atoms with E-state index in [9.17, 15) is 31.5 Å². The molecule has 4 aromatic carbocycles. The SMILES string of the molecule is C=Cc1cc(C(=O)N[C@@](O)(NCc2cccc(C(F)(F)F)c2)[C@H](C)Cc2ccccc2)cc(N(c2ccccc2)S(C)(=O)=O)c1. The molecule has 0 spiro atoms. The van der Waals surface area contributed by atoms with E-state index >= 15 is 0 Å². The van der Waals surface area contributed by atoms with Crippen LogP contribution in [0, 0.1) is 5.92 Å². The molecule has 0 fully saturated rings. The minimum atomic E-state index is -4.55. The van der Waals surface area contributed by atoms with Crippen molar-refractivity contribution in [2.24, 2.45) is 5.92 Å². The minimum absolute atomic E-state index is 0.0261. The Labute approximate surface area is 261 Å². The lowest BCUT2D eigenvalue weighted by Gasteiger charge is -2.36.